The molecule has 0 saturated heterocycles. The summed E-state index contributed by atoms with van der Waals surface area (Å²) in [6.45, 7) is 5.28. The van der Waals surface area contributed by atoms with Crippen molar-refractivity contribution in [3.05, 3.63) is 76.1 Å². The quantitative estimate of drug-likeness (QED) is 0.420. The number of carbonyl (C=O) groups is 2. The first-order chi connectivity index (χ1) is 16.5. The Morgan fingerprint density at radius 2 is 2.15 bits per heavy atom. The molecule has 180 valence electrons. The first-order valence-corrected chi connectivity index (χ1v) is 12.4. The number of carbonyl (C=O) groups excluding carboxylic acids is 2. The van der Waals surface area contributed by atoms with Crippen molar-refractivity contribution in [3.63, 3.8) is 0 Å². The first kappa shape index (κ1) is 24.0. The summed E-state index contributed by atoms with van der Waals surface area (Å²) in [5, 5.41) is 2.02. The third kappa shape index (κ3) is 5.50. The van der Waals surface area contributed by atoms with Crippen molar-refractivity contribution in [2.45, 2.75) is 32.7 Å². The van der Waals surface area contributed by atoms with Crippen LogP contribution in [0, 0.1) is 11.7 Å². The van der Waals surface area contributed by atoms with Gasteiger partial charge < -0.3 is 19.0 Å². The number of thiophene rings is 1. The van der Waals surface area contributed by atoms with E-state index >= 15 is 0 Å². The maximum Gasteiger partial charge on any atom is 0.290 e. The smallest absolute Gasteiger partial charge is 0.290 e. The Morgan fingerprint density at radius 1 is 1.29 bits per heavy atom. The Labute approximate surface area is 202 Å². The van der Waals surface area contributed by atoms with Crippen LogP contribution in [0.15, 0.2) is 58.5 Å². The molecule has 2 aromatic heterocycles. The van der Waals surface area contributed by atoms with E-state index in [9.17, 15) is 14.0 Å². The largest absolute Gasteiger partial charge is 0.491 e. The highest BCUT2D eigenvalue weighted by Crippen LogP contribution is 2.34. The predicted octanol–water partition coefficient (Wildman–Crippen LogP) is 5.17. The third-order valence-corrected chi connectivity index (χ3v) is 7.19. The van der Waals surface area contributed by atoms with Gasteiger partial charge in [-0.3, -0.25) is 9.59 Å². The Morgan fingerprint density at radius 3 is 2.88 bits per heavy atom. The van der Waals surface area contributed by atoms with Crippen molar-refractivity contribution in [1.29, 1.82) is 0 Å². The minimum Gasteiger partial charge on any atom is -0.491 e. The van der Waals surface area contributed by atoms with Gasteiger partial charge in [0.1, 0.15) is 24.7 Å². The fourth-order valence-corrected chi connectivity index (χ4v) is 5.07. The highest BCUT2D eigenvalue weighted by atomic mass is 32.1. The number of hydrogen-bond donors (Lipinski definition) is 0. The van der Waals surface area contributed by atoms with Gasteiger partial charge in [0.25, 0.3) is 5.91 Å². The second-order valence-electron chi connectivity index (χ2n) is 8.60. The molecule has 0 bridgehead atoms. The standard InChI is InChI=1S/C26H29FN2O4S/c1-3-18(2)15-28(26(31)23-8-5-12-32-23)16-25(30)29-11-9-24-21(10-13-34-24)22(29)17-33-20-7-4-6-19(27)14-20/h4-8,10,12-14,18,22H,3,9,11,15-17H2,1-2H3/t18-,22+/m0/s1. The van der Waals surface area contributed by atoms with Gasteiger partial charge >= 0.3 is 0 Å². The van der Waals surface area contributed by atoms with E-state index in [1.54, 1.807) is 45.4 Å². The summed E-state index contributed by atoms with van der Waals surface area (Å²) in [6.07, 6.45) is 3.11. The van der Waals surface area contributed by atoms with Gasteiger partial charge in [0.15, 0.2) is 5.76 Å². The van der Waals surface area contributed by atoms with Gasteiger partial charge in [-0.25, -0.2) is 4.39 Å². The zero-order chi connectivity index (χ0) is 24.1. The summed E-state index contributed by atoms with van der Waals surface area (Å²) in [6, 6.07) is 11.0. The van der Waals surface area contributed by atoms with Crippen LogP contribution in [-0.2, 0) is 11.2 Å². The Kier molecular flexibility index (Phi) is 7.67. The minimum absolute atomic E-state index is 0.0419. The van der Waals surface area contributed by atoms with Crippen LogP contribution in [0.25, 0.3) is 0 Å². The molecule has 2 atom stereocenters. The third-order valence-electron chi connectivity index (χ3n) is 6.19. The zero-order valence-corrected chi connectivity index (χ0v) is 20.2. The summed E-state index contributed by atoms with van der Waals surface area (Å²) in [5.41, 5.74) is 1.05. The topological polar surface area (TPSA) is 63.0 Å². The summed E-state index contributed by atoms with van der Waals surface area (Å²) >= 11 is 1.66. The minimum atomic E-state index is -0.373. The van der Waals surface area contributed by atoms with Crippen LogP contribution in [0.2, 0.25) is 0 Å². The normalized spacial score (nSPS) is 16.1. The van der Waals surface area contributed by atoms with Crippen LogP contribution in [-0.4, -0.2) is 47.9 Å². The second-order valence-corrected chi connectivity index (χ2v) is 9.60. The van der Waals surface area contributed by atoms with Crippen LogP contribution < -0.4 is 4.74 Å². The number of rotatable bonds is 9. The van der Waals surface area contributed by atoms with Gasteiger partial charge in [-0.15, -0.1) is 11.3 Å². The fourth-order valence-electron chi connectivity index (χ4n) is 4.14. The van der Waals surface area contributed by atoms with Crippen LogP contribution in [0.1, 0.15) is 47.3 Å². The van der Waals surface area contributed by atoms with Crippen LogP contribution in [0.5, 0.6) is 5.75 Å². The molecular formula is C26H29FN2O4S. The van der Waals surface area contributed by atoms with E-state index in [1.165, 1.54) is 23.3 Å². The van der Waals surface area contributed by atoms with Gasteiger partial charge in [-0.1, -0.05) is 26.3 Å². The molecule has 0 N–H and O–H groups in total. The molecule has 4 rings (SSSR count). The maximum atomic E-state index is 13.6. The van der Waals surface area contributed by atoms with Crippen molar-refractivity contribution in [1.82, 2.24) is 9.80 Å². The highest BCUT2D eigenvalue weighted by Gasteiger charge is 2.34. The van der Waals surface area contributed by atoms with E-state index < -0.39 is 0 Å². The van der Waals surface area contributed by atoms with Crippen LogP contribution in [0.4, 0.5) is 4.39 Å². The lowest BCUT2D eigenvalue weighted by molar-refractivity contribution is -0.135. The molecule has 3 heterocycles. The molecule has 1 aliphatic heterocycles. The van der Waals surface area contributed by atoms with Gasteiger partial charge in [-0.2, -0.15) is 0 Å². The number of ether oxygens (including phenoxy) is 1. The molecule has 0 radical (unpaired) electrons. The summed E-state index contributed by atoms with van der Waals surface area (Å²) in [7, 11) is 0. The van der Waals surface area contributed by atoms with E-state index in [0.717, 1.165) is 18.4 Å². The SMILES string of the molecule is CC[C@H](C)CN(CC(=O)N1CCc2sccc2[C@H]1COc1cccc(F)c1)C(=O)c1ccco1. The highest BCUT2D eigenvalue weighted by molar-refractivity contribution is 7.10. The van der Waals surface area contributed by atoms with Crippen LogP contribution >= 0.6 is 11.3 Å². The maximum absolute atomic E-state index is 13.6. The van der Waals surface area contributed by atoms with Crippen molar-refractivity contribution in [2.75, 3.05) is 26.2 Å². The lowest BCUT2D eigenvalue weighted by Crippen LogP contribution is -2.48. The van der Waals surface area contributed by atoms with E-state index in [1.807, 2.05) is 11.4 Å². The number of hydrogen-bond acceptors (Lipinski definition) is 5. The van der Waals surface area contributed by atoms with E-state index in [2.05, 4.69) is 13.8 Å². The summed E-state index contributed by atoms with van der Waals surface area (Å²) in [5.74, 6) is 0.0698. The molecule has 0 aliphatic carbocycles. The number of halogens is 1. The molecule has 6 nitrogen and oxygen atoms in total. The first-order valence-electron chi connectivity index (χ1n) is 11.5. The lowest BCUT2D eigenvalue weighted by atomic mass is 10.00. The Hall–Kier alpha value is -3.13. The Balaban J connectivity index is 1.53. The number of furan rings is 1. The Bertz CT molecular complexity index is 1110. The molecular weight excluding hydrogens is 455 g/mol. The average molecular weight is 485 g/mol. The van der Waals surface area contributed by atoms with Gasteiger partial charge in [0.05, 0.1) is 12.3 Å². The zero-order valence-electron chi connectivity index (χ0n) is 19.4. The number of benzene rings is 1. The second kappa shape index (κ2) is 10.9. The van der Waals surface area contributed by atoms with Gasteiger partial charge in [-0.05, 0) is 53.6 Å². The van der Waals surface area contributed by atoms with Crippen LogP contribution in [0.3, 0.4) is 0 Å². The molecule has 2 amide bonds. The van der Waals surface area contributed by atoms with Crippen molar-refractivity contribution >= 4 is 23.2 Å². The summed E-state index contributed by atoms with van der Waals surface area (Å²) in [4.78, 5) is 31.2. The molecule has 3 aromatic rings. The lowest BCUT2D eigenvalue weighted by Gasteiger charge is -2.37. The molecule has 0 spiro atoms. The fraction of sp³-hybridized carbons (Fsp3) is 0.385. The van der Waals surface area contributed by atoms with E-state index in [0.29, 0.717) is 18.8 Å². The molecule has 34 heavy (non-hydrogen) atoms. The molecule has 0 fully saturated rings. The number of amides is 2. The average Bonchev–Trinajstić information content (AvgIpc) is 3.53. The summed E-state index contributed by atoms with van der Waals surface area (Å²) < 4.78 is 24.8. The van der Waals surface area contributed by atoms with Crippen molar-refractivity contribution in [2.24, 2.45) is 5.92 Å². The van der Waals surface area contributed by atoms with Crippen molar-refractivity contribution in [3.8, 4) is 5.75 Å². The van der Waals surface area contributed by atoms with Gasteiger partial charge in [0, 0.05) is 24.0 Å². The van der Waals surface area contributed by atoms with E-state index in [4.69, 9.17) is 9.15 Å². The predicted molar refractivity (Wildman–Crippen MR) is 128 cm³/mol. The molecule has 0 saturated carbocycles. The molecule has 1 aliphatic rings. The molecule has 0 unspecified atom stereocenters. The molecule has 1 aromatic carbocycles. The number of nitrogens with zero attached hydrogens (tertiary/aromatic N) is 2. The monoisotopic (exact) mass is 484 g/mol. The van der Waals surface area contributed by atoms with E-state index in [-0.39, 0.29) is 48.5 Å². The van der Waals surface area contributed by atoms with Crippen molar-refractivity contribution < 1.29 is 23.1 Å². The number of fused-ring (bicyclic) bond motifs is 1. The van der Waals surface area contributed by atoms with Gasteiger partial charge in [0.2, 0.25) is 5.91 Å². The molecule has 8 heteroatoms.